The molecule has 76 heavy (non-hydrogen) atoms. The number of fused-ring (bicyclic) bond motifs is 7. The van der Waals surface area contributed by atoms with E-state index in [4.69, 9.17) is 76.0 Å². The van der Waals surface area contributed by atoms with Gasteiger partial charge < -0.3 is 42.8 Å². The fraction of sp³-hybridized carbons (Fsp3) is 0.386. The number of hydrogen-bond donors (Lipinski definition) is 0. The van der Waals surface area contributed by atoms with Crippen LogP contribution >= 0.6 is 34.5 Å². The first kappa shape index (κ1) is 53.2. The van der Waals surface area contributed by atoms with Crippen LogP contribution in [0.1, 0.15) is 43.2 Å². The van der Waals surface area contributed by atoms with Crippen LogP contribution in [0.15, 0.2) is 85.3 Å². The molecule has 4 aliphatic heterocycles. The van der Waals surface area contributed by atoms with Gasteiger partial charge in [-0.05, 0) is 125 Å². The summed E-state index contributed by atoms with van der Waals surface area (Å²) in [6.45, 7) is 15.4. The van der Waals surface area contributed by atoms with Gasteiger partial charge in [0.05, 0.1) is 40.9 Å². The molecule has 15 nitrogen and oxygen atoms in total. The molecule has 4 aromatic carbocycles. The van der Waals surface area contributed by atoms with Crippen molar-refractivity contribution in [2.45, 2.75) is 71.6 Å². The van der Waals surface area contributed by atoms with Gasteiger partial charge in [0.25, 0.3) is 0 Å². The number of esters is 1. The largest absolute Gasteiger partial charge is 0.491 e. The van der Waals surface area contributed by atoms with Crippen LogP contribution in [-0.4, -0.2) is 132 Å². The van der Waals surface area contributed by atoms with Gasteiger partial charge in [-0.1, -0.05) is 35.3 Å². The minimum atomic E-state index is -1.28. The van der Waals surface area contributed by atoms with Crippen molar-refractivity contribution in [1.29, 1.82) is 0 Å². The van der Waals surface area contributed by atoms with Crippen LogP contribution in [0, 0.1) is 19.7 Å². The summed E-state index contributed by atoms with van der Waals surface area (Å²) in [5, 5.41) is 1.13. The summed E-state index contributed by atoms with van der Waals surface area (Å²) in [7, 11) is 2.11. The predicted molar refractivity (Wildman–Crippen MR) is 290 cm³/mol. The number of ether oxygens (including phenoxy) is 8. The van der Waals surface area contributed by atoms with Crippen LogP contribution in [0.3, 0.4) is 0 Å². The highest BCUT2D eigenvalue weighted by molar-refractivity contribution is 7.22. The highest BCUT2D eigenvalue weighted by Gasteiger charge is 2.34. The van der Waals surface area contributed by atoms with E-state index in [0.717, 1.165) is 36.6 Å². The van der Waals surface area contributed by atoms with Gasteiger partial charge in [0.2, 0.25) is 12.0 Å². The van der Waals surface area contributed by atoms with Gasteiger partial charge in [0.1, 0.15) is 71.9 Å². The number of halogens is 3. The fourth-order valence-corrected chi connectivity index (χ4v) is 11.0. The first-order chi connectivity index (χ1) is 36.6. The van der Waals surface area contributed by atoms with E-state index in [9.17, 15) is 9.18 Å². The summed E-state index contributed by atoms with van der Waals surface area (Å²) >= 11 is 16.2. The summed E-state index contributed by atoms with van der Waals surface area (Å²) in [6.07, 6.45) is 1.11. The second-order valence-electron chi connectivity index (χ2n) is 20.1. The highest BCUT2D eigenvalue weighted by Crippen LogP contribution is 2.53. The maximum atomic E-state index is 14.6. The Hall–Kier alpha value is -6.18. The van der Waals surface area contributed by atoms with Crippen molar-refractivity contribution in [3.05, 3.63) is 124 Å². The van der Waals surface area contributed by atoms with Gasteiger partial charge in [0.15, 0.2) is 11.6 Å². The molecule has 7 heterocycles. The third kappa shape index (κ3) is 12.3. The maximum absolute atomic E-state index is 14.6. The lowest BCUT2D eigenvalue weighted by atomic mass is 9.92. The molecule has 0 saturated carbocycles. The highest BCUT2D eigenvalue weighted by atomic mass is 35.5. The molecule has 7 aromatic rings. The number of rotatable bonds is 11. The summed E-state index contributed by atoms with van der Waals surface area (Å²) in [5.41, 5.74) is 4.50. The van der Waals surface area contributed by atoms with Gasteiger partial charge in [-0.15, -0.1) is 11.3 Å². The Bertz CT molecular complexity index is 3170. The number of nitrogens with zero attached hydrogens (tertiary/aromatic N) is 6. The smallest absolute Gasteiger partial charge is 0.348 e. The lowest BCUT2D eigenvalue weighted by Gasteiger charge is -2.35. The lowest BCUT2D eigenvalue weighted by Crippen LogP contribution is -2.49. The van der Waals surface area contributed by atoms with Crippen LogP contribution in [0.25, 0.3) is 43.2 Å². The maximum Gasteiger partial charge on any atom is 0.348 e. The lowest BCUT2D eigenvalue weighted by molar-refractivity contribution is -0.163. The predicted octanol–water partition coefficient (Wildman–Crippen LogP) is 10.6. The third-order valence-electron chi connectivity index (χ3n) is 13.3. The van der Waals surface area contributed by atoms with E-state index >= 15 is 0 Å². The molecular weight excluding hydrogens is 1030 g/mol. The standard InChI is InChI=1S/C57H59Cl2FN6O9S/c1-33-46-34(2)50(59)51(49(33)58)73-42(27-66-21-19-65(6)20-22-66)30-71-41-15-16-44(72-28-39-17-18-61-53(64-39)36-9-13-40(14-10-36)70-31-43-29-68-23-24-69-43)37(25-41)26-45(56(67)75-57(3,4)5)74-54-48-47(46)52(76-55(48)63-32-62-54)35-7-11-38(60)12-8-35/h7-18,25,32,42-43,45H,19-24,26-31H2,1-6H3/t42-,43+,45-/m1/s1. The van der Waals surface area contributed by atoms with Gasteiger partial charge >= 0.3 is 5.97 Å². The van der Waals surface area contributed by atoms with E-state index in [1.165, 1.54) is 29.8 Å². The number of benzene rings is 4. The van der Waals surface area contributed by atoms with Crippen LogP contribution in [0.2, 0.25) is 10.0 Å². The van der Waals surface area contributed by atoms with Crippen LogP contribution in [0.4, 0.5) is 4.39 Å². The minimum absolute atomic E-state index is 0.0359. The second kappa shape index (κ2) is 23.2. The molecule has 0 radical (unpaired) electrons. The van der Waals surface area contributed by atoms with E-state index in [-0.39, 0.29) is 37.4 Å². The quantitative estimate of drug-likeness (QED) is 0.113. The summed E-state index contributed by atoms with van der Waals surface area (Å²) in [4.78, 5) is 39.4. The molecule has 19 heteroatoms. The van der Waals surface area contributed by atoms with Crippen molar-refractivity contribution < 1.29 is 47.1 Å². The average Bonchev–Trinajstić information content (AvgIpc) is 3.84. The first-order valence-corrected chi connectivity index (χ1v) is 26.8. The molecule has 0 amide bonds. The summed E-state index contributed by atoms with van der Waals surface area (Å²) in [5.74, 6) is 1.55. The van der Waals surface area contributed by atoms with Crippen molar-refractivity contribution in [3.63, 3.8) is 0 Å². The molecule has 0 N–H and O–H groups in total. The van der Waals surface area contributed by atoms with Crippen LogP contribution in [0.5, 0.6) is 28.9 Å². The van der Waals surface area contributed by atoms with Gasteiger partial charge in [-0.2, -0.15) is 0 Å². The molecule has 0 spiro atoms. The molecule has 4 bridgehead atoms. The van der Waals surface area contributed by atoms with E-state index < -0.39 is 23.8 Å². The van der Waals surface area contributed by atoms with Gasteiger partial charge in [-0.3, -0.25) is 4.90 Å². The fourth-order valence-electron chi connectivity index (χ4n) is 9.36. The molecule has 0 aliphatic carbocycles. The Balaban J connectivity index is 1.04. The zero-order valence-electron chi connectivity index (χ0n) is 43.2. The summed E-state index contributed by atoms with van der Waals surface area (Å²) < 4.78 is 64.8. The van der Waals surface area contributed by atoms with Crippen molar-refractivity contribution in [1.82, 2.24) is 29.7 Å². The van der Waals surface area contributed by atoms with Gasteiger partial charge in [-0.25, -0.2) is 29.1 Å². The zero-order valence-corrected chi connectivity index (χ0v) is 45.5. The van der Waals surface area contributed by atoms with Gasteiger partial charge in [0, 0.05) is 66.9 Å². The van der Waals surface area contributed by atoms with E-state index in [1.54, 1.807) is 51.2 Å². The number of thiophene rings is 1. The van der Waals surface area contributed by atoms with E-state index in [0.29, 0.717) is 121 Å². The monoisotopic (exact) mass is 1090 g/mol. The SMILES string of the molecule is Cc1c(Cl)c2c(Cl)c(C)c1-c1c(-c3ccc(F)cc3)sc3ncnc(c13)O[C@@H](C(=O)OC(C)(C)C)Cc1cc(ccc1OCc1ccnc(-c3ccc(OC[C@@H]4COCCO4)cc3)n1)OC[C@@H](CN1CCN(C)CC1)O2. The Morgan fingerprint density at radius 2 is 1.59 bits per heavy atom. The third-order valence-corrected chi connectivity index (χ3v) is 15.3. The molecule has 3 atom stereocenters. The number of likely N-dealkylation sites (N-methyl/N-ethyl adjacent to an activating group) is 1. The van der Waals surface area contributed by atoms with Crippen molar-refractivity contribution in [3.8, 4) is 61.8 Å². The van der Waals surface area contributed by atoms with Crippen LogP contribution in [-0.2, 0) is 32.0 Å². The molecule has 2 fully saturated rings. The molecule has 2 saturated heterocycles. The van der Waals surface area contributed by atoms with Crippen molar-refractivity contribution in [2.24, 2.45) is 0 Å². The molecule has 3 aromatic heterocycles. The van der Waals surface area contributed by atoms with Crippen LogP contribution < -0.4 is 23.7 Å². The average molecular weight is 1090 g/mol. The Labute approximate surface area is 455 Å². The zero-order chi connectivity index (χ0) is 53.1. The van der Waals surface area contributed by atoms with E-state index in [2.05, 4.69) is 21.8 Å². The number of carbonyl (C=O) groups excluding carboxylic acids is 1. The molecular formula is C57H59Cl2FN6O9S. The minimum Gasteiger partial charge on any atom is -0.491 e. The first-order valence-electron chi connectivity index (χ1n) is 25.3. The molecule has 4 aliphatic rings. The normalized spacial score (nSPS) is 18.6. The number of piperazine rings is 1. The second-order valence-corrected chi connectivity index (χ2v) is 21.8. The van der Waals surface area contributed by atoms with Crippen molar-refractivity contribution >= 4 is 50.7 Å². The Morgan fingerprint density at radius 3 is 2.32 bits per heavy atom. The number of carbonyl (C=O) groups is 1. The summed E-state index contributed by atoms with van der Waals surface area (Å²) in [6, 6.07) is 21.0. The van der Waals surface area contributed by atoms with E-state index in [1.807, 2.05) is 50.2 Å². The Morgan fingerprint density at radius 1 is 0.842 bits per heavy atom. The Kier molecular flexibility index (Phi) is 16.2. The molecule has 0 unspecified atom stereocenters. The number of hydrogen-bond acceptors (Lipinski definition) is 16. The molecule has 398 valence electrons. The van der Waals surface area contributed by atoms with Crippen molar-refractivity contribution in [2.75, 3.05) is 72.8 Å². The molecule has 11 rings (SSSR count). The number of aromatic nitrogens is 4. The topological polar surface area (TPSA) is 149 Å².